The molecule has 0 saturated carbocycles. The first kappa shape index (κ1) is 8.45. The smallest absolute Gasteiger partial charge is 0.153 e. The van der Waals surface area contributed by atoms with Crippen molar-refractivity contribution < 1.29 is 0 Å². The Morgan fingerprint density at radius 3 is 2.71 bits per heavy atom. The quantitative estimate of drug-likeness (QED) is 0.674. The van der Waals surface area contributed by atoms with Gasteiger partial charge in [0.15, 0.2) is 5.82 Å². The van der Waals surface area contributed by atoms with Gasteiger partial charge in [-0.2, -0.15) is 10.4 Å². The summed E-state index contributed by atoms with van der Waals surface area (Å²) in [6, 6.07) is 7.41. The van der Waals surface area contributed by atoms with Crippen LogP contribution in [0.3, 0.4) is 0 Å². The number of nitriles is 1. The average Bonchev–Trinajstić information content (AvgIpc) is 2.65. The summed E-state index contributed by atoms with van der Waals surface area (Å²) < 4.78 is 1.68. The van der Waals surface area contributed by atoms with Crippen LogP contribution in [0.25, 0.3) is 5.82 Å². The number of hydrogen-bond acceptors (Lipinski definition) is 3. The van der Waals surface area contributed by atoms with Gasteiger partial charge >= 0.3 is 0 Å². The molecule has 0 aliphatic rings. The Bertz CT molecular complexity index is 476. The van der Waals surface area contributed by atoms with Gasteiger partial charge in [0.25, 0.3) is 0 Å². The third kappa shape index (κ3) is 1.48. The van der Waals surface area contributed by atoms with Crippen LogP contribution in [0.2, 0.25) is 0 Å². The zero-order valence-corrected chi connectivity index (χ0v) is 7.68. The Balaban J connectivity index is 2.39. The van der Waals surface area contributed by atoms with Gasteiger partial charge < -0.3 is 0 Å². The minimum absolute atomic E-state index is 0.553. The van der Waals surface area contributed by atoms with Crippen molar-refractivity contribution in [2.45, 2.75) is 6.92 Å². The van der Waals surface area contributed by atoms with E-state index in [0.29, 0.717) is 5.56 Å². The van der Waals surface area contributed by atoms with Crippen LogP contribution in [-0.2, 0) is 0 Å². The largest absolute Gasteiger partial charge is 0.236 e. The van der Waals surface area contributed by atoms with Crippen molar-refractivity contribution in [3.63, 3.8) is 0 Å². The molecule has 0 spiro atoms. The van der Waals surface area contributed by atoms with E-state index in [2.05, 4.69) is 10.1 Å². The molecule has 0 fully saturated rings. The van der Waals surface area contributed by atoms with Gasteiger partial charge in [0.05, 0.1) is 11.3 Å². The number of pyridine rings is 1. The Hall–Kier alpha value is -2.15. The molecule has 14 heavy (non-hydrogen) atoms. The maximum atomic E-state index is 8.59. The zero-order chi connectivity index (χ0) is 9.97. The molecule has 0 saturated heterocycles. The van der Waals surface area contributed by atoms with Gasteiger partial charge in [-0.05, 0) is 25.1 Å². The molecule has 0 amide bonds. The number of hydrogen-bond donors (Lipinski definition) is 0. The third-order valence-electron chi connectivity index (χ3n) is 1.83. The molecule has 2 aromatic heterocycles. The molecule has 2 rings (SSSR count). The first-order valence-electron chi connectivity index (χ1n) is 4.18. The maximum absolute atomic E-state index is 8.59. The summed E-state index contributed by atoms with van der Waals surface area (Å²) in [5, 5.41) is 12.8. The number of rotatable bonds is 1. The molecule has 68 valence electrons. The summed E-state index contributed by atoms with van der Waals surface area (Å²) in [4.78, 5) is 4.11. The molecule has 2 heterocycles. The zero-order valence-electron chi connectivity index (χ0n) is 7.68. The fraction of sp³-hybridized carbons (Fsp3) is 0.100. The standard InChI is InChI=1S/C10H8N4/c1-8-4-5-14(13-8)10-3-2-9(6-11)7-12-10/h2-5,7H,1H3. The van der Waals surface area contributed by atoms with E-state index in [4.69, 9.17) is 5.26 Å². The van der Waals surface area contributed by atoms with E-state index < -0.39 is 0 Å². The summed E-state index contributed by atoms with van der Waals surface area (Å²) in [5.41, 5.74) is 1.49. The molecular formula is C10H8N4. The minimum Gasteiger partial charge on any atom is -0.236 e. The summed E-state index contributed by atoms with van der Waals surface area (Å²) in [5.74, 6) is 0.720. The molecule has 4 heteroatoms. The molecule has 0 bridgehead atoms. The van der Waals surface area contributed by atoms with Crippen molar-refractivity contribution in [1.29, 1.82) is 5.26 Å². The van der Waals surface area contributed by atoms with Crippen molar-refractivity contribution >= 4 is 0 Å². The van der Waals surface area contributed by atoms with Crippen LogP contribution < -0.4 is 0 Å². The van der Waals surface area contributed by atoms with Crippen molar-refractivity contribution in [3.05, 3.63) is 41.9 Å². The molecule has 0 unspecified atom stereocenters. The highest BCUT2D eigenvalue weighted by Gasteiger charge is 1.98. The Labute approximate surface area is 81.4 Å². The summed E-state index contributed by atoms with van der Waals surface area (Å²) >= 11 is 0. The van der Waals surface area contributed by atoms with Crippen LogP contribution in [0, 0.1) is 18.3 Å². The van der Waals surface area contributed by atoms with Crippen LogP contribution in [0.15, 0.2) is 30.6 Å². The summed E-state index contributed by atoms with van der Waals surface area (Å²) in [6.45, 7) is 1.92. The molecule has 0 radical (unpaired) electrons. The third-order valence-corrected chi connectivity index (χ3v) is 1.83. The predicted molar refractivity (Wildman–Crippen MR) is 50.8 cm³/mol. The molecule has 0 atom stereocenters. The lowest BCUT2D eigenvalue weighted by atomic mass is 10.3. The van der Waals surface area contributed by atoms with Crippen molar-refractivity contribution in [2.75, 3.05) is 0 Å². The molecule has 2 aromatic rings. The Morgan fingerprint density at radius 2 is 2.21 bits per heavy atom. The number of aryl methyl sites for hydroxylation is 1. The molecule has 0 aromatic carbocycles. The minimum atomic E-state index is 0.553. The van der Waals surface area contributed by atoms with Gasteiger partial charge in [0, 0.05) is 12.4 Å². The molecule has 4 nitrogen and oxygen atoms in total. The lowest BCUT2D eigenvalue weighted by molar-refractivity contribution is 0.832. The second kappa shape index (κ2) is 3.30. The number of nitrogens with zero attached hydrogens (tertiary/aromatic N) is 4. The fourth-order valence-corrected chi connectivity index (χ4v) is 1.13. The van der Waals surface area contributed by atoms with E-state index in [0.717, 1.165) is 11.5 Å². The highest BCUT2D eigenvalue weighted by Crippen LogP contribution is 2.04. The lowest BCUT2D eigenvalue weighted by Gasteiger charge is -1.98. The topological polar surface area (TPSA) is 54.5 Å². The summed E-state index contributed by atoms with van der Waals surface area (Å²) in [7, 11) is 0. The van der Waals surface area contributed by atoms with Gasteiger partial charge in [-0.1, -0.05) is 0 Å². The van der Waals surface area contributed by atoms with Crippen LogP contribution in [0.4, 0.5) is 0 Å². The highest BCUT2D eigenvalue weighted by molar-refractivity contribution is 5.31. The van der Waals surface area contributed by atoms with Crippen LogP contribution >= 0.6 is 0 Å². The van der Waals surface area contributed by atoms with E-state index in [1.54, 1.807) is 16.8 Å². The molecule has 0 aliphatic carbocycles. The van der Waals surface area contributed by atoms with Crippen molar-refractivity contribution in [1.82, 2.24) is 14.8 Å². The average molecular weight is 184 g/mol. The van der Waals surface area contributed by atoms with Crippen molar-refractivity contribution in [3.8, 4) is 11.9 Å². The molecular weight excluding hydrogens is 176 g/mol. The van der Waals surface area contributed by atoms with E-state index in [9.17, 15) is 0 Å². The van der Waals surface area contributed by atoms with Crippen LogP contribution in [0.1, 0.15) is 11.3 Å². The van der Waals surface area contributed by atoms with Crippen molar-refractivity contribution in [2.24, 2.45) is 0 Å². The van der Waals surface area contributed by atoms with Crippen LogP contribution in [-0.4, -0.2) is 14.8 Å². The van der Waals surface area contributed by atoms with E-state index in [1.165, 1.54) is 6.20 Å². The second-order valence-electron chi connectivity index (χ2n) is 2.92. The predicted octanol–water partition coefficient (Wildman–Crippen LogP) is 1.45. The molecule has 0 N–H and O–H groups in total. The van der Waals surface area contributed by atoms with Crippen LogP contribution in [0.5, 0.6) is 0 Å². The Morgan fingerprint density at radius 1 is 1.36 bits per heavy atom. The SMILES string of the molecule is Cc1ccn(-c2ccc(C#N)cn2)n1. The van der Waals surface area contributed by atoms with Gasteiger partial charge in [0.2, 0.25) is 0 Å². The van der Waals surface area contributed by atoms with Gasteiger partial charge in [0.1, 0.15) is 6.07 Å². The monoisotopic (exact) mass is 184 g/mol. The Kier molecular flexibility index (Phi) is 1.99. The van der Waals surface area contributed by atoms with E-state index in [-0.39, 0.29) is 0 Å². The highest BCUT2D eigenvalue weighted by atomic mass is 15.3. The first-order chi connectivity index (χ1) is 6.79. The second-order valence-corrected chi connectivity index (χ2v) is 2.92. The first-order valence-corrected chi connectivity index (χ1v) is 4.18. The molecule has 0 aliphatic heterocycles. The normalized spacial score (nSPS) is 9.71. The lowest BCUT2D eigenvalue weighted by Crippen LogP contribution is -1.97. The maximum Gasteiger partial charge on any atom is 0.153 e. The summed E-state index contributed by atoms with van der Waals surface area (Å²) in [6.07, 6.45) is 3.37. The fourth-order valence-electron chi connectivity index (χ4n) is 1.13. The van der Waals surface area contributed by atoms with Gasteiger partial charge in [-0.15, -0.1) is 0 Å². The van der Waals surface area contributed by atoms with E-state index >= 15 is 0 Å². The van der Waals surface area contributed by atoms with E-state index in [1.807, 2.05) is 25.3 Å². The van der Waals surface area contributed by atoms with Gasteiger partial charge in [-0.3, -0.25) is 0 Å². The van der Waals surface area contributed by atoms with Gasteiger partial charge in [-0.25, -0.2) is 9.67 Å². The number of aromatic nitrogens is 3.